The van der Waals surface area contributed by atoms with Gasteiger partial charge in [0.1, 0.15) is 11.5 Å². The Kier molecular flexibility index (Phi) is 7.43. The van der Waals surface area contributed by atoms with E-state index in [-0.39, 0.29) is 29.9 Å². The average molecular weight is 448 g/mol. The second-order valence-corrected chi connectivity index (χ2v) is 7.44. The fourth-order valence-electron chi connectivity index (χ4n) is 3.27. The molecule has 1 amide bonds. The first-order valence-corrected chi connectivity index (χ1v) is 10.0. The van der Waals surface area contributed by atoms with E-state index >= 15 is 0 Å². The van der Waals surface area contributed by atoms with Gasteiger partial charge in [-0.3, -0.25) is 9.59 Å². The molecule has 0 spiro atoms. The molecule has 0 atom stereocenters. The number of benzene rings is 1. The minimum Gasteiger partial charge on any atom is -0.505 e. The van der Waals surface area contributed by atoms with E-state index in [9.17, 15) is 19.5 Å². The van der Waals surface area contributed by atoms with Crippen molar-refractivity contribution in [3.05, 3.63) is 52.8 Å². The summed E-state index contributed by atoms with van der Waals surface area (Å²) in [6.45, 7) is 0.547. The molecule has 3 rings (SSSR count). The second-order valence-electron chi connectivity index (χ2n) is 7.00. The Bertz CT molecular complexity index is 958. The maximum atomic E-state index is 12.4. The van der Waals surface area contributed by atoms with Crippen LogP contribution < -0.4 is 10.5 Å². The van der Waals surface area contributed by atoms with Gasteiger partial charge in [0, 0.05) is 24.3 Å². The number of carbonyl (C=O) groups excluding carboxylic acids is 3. The van der Waals surface area contributed by atoms with E-state index in [0.717, 1.165) is 5.56 Å². The molecule has 1 aliphatic rings. The van der Waals surface area contributed by atoms with Gasteiger partial charge in [-0.1, -0.05) is 11.6 Å². The molecule has 2 heterocycles. The summed E-state index contributed by atoms with van der Waals surface area (Å²) in [5, 5.41) is 10.7. The molecular weight excluding hydrogens is 426 g/mol. The fourth-order valence-corrected chi connectivity index (χ4v) is 3.40. The Morgan fingerprint density at radius 2 is 1.87 bits per heavy atom. The maximum Gasteiger partial charge on any atom is 0.368 e. The molecule has 0 unspecified atom stereocenters. The molecule has 1 aromatic carbocycles. The summed E-state index contributed by atoms with van der Waals surface area (Å²) in [5.41, 5.74) is 5.48. The van der Waals surface area contributed by atoms with Crippen LogP contribution in [0, 0.1) is 0 Å². The summed E-state index contributed by atoms with van der Waals surface area (Å²) in [4.78, 5) is 41.0. The van der Waals surface area contributed by atoms with Gasteiger partial charge < -0.3 is 25.2 Å². The number of carbonyl (C=O) groups is 3. The summed E-state index contributed by atoms with van der Waals surface area (Å²) < 4.78 is 9.97. The number of amides is 1. The zero-order valence-electron chi connectivity index (χ0n) is 16.6. The zero-order chi connectivity index (χ0) is 22.4. The smallest absolute Gasteiger partial charge is 0.368 e. The van der Waals surface area contributed by atoms with Gasteiger partial charge in [-0.25, -0.2) is 9.78 Å². The highest BCUT2D eigenvalue weighted by molar-refractivity contribution is 6.30. The Hall–Kier alpha value is -3.17. The van der Waals surface area contributed by atoms with Crippen LogP contribution in [0.4, 0.5) is 0 Å². The molecule has 9 nitrogen and oxygen atoms in total. The van der Waals surface area contributed by atoms with Gasteiger partial charge in [0.05, 0.1) is 6.54 Å². The lowest BCUT2D eigenvalue weighted by Gasteiger charge is -2.32. The van der Waals surface area contributed by atoms with Crippen molar-refractivity contribution in [3.63, 3.8) is 0 Å². The normalized spacial score (nSPS) is 14.2. The van der Waals surface area contributed by atoms with E-state index in [1.54, 1.807) is 29.2 Å². The zero-order valence-corrected chi connectivity index (χ0v) is 17.4. The van der Waals surface area contributed by atoms with E-state index in [0.29, 0.717) is 36.7 Å². The fraction of sp³-hybridized carbons (Fsp3) is 0.333. The Balaban J connectivity index is 1.52. The SMILES string of the molecule is NCC(=O)OC(=O)c1ncc(C2CCN(C(=O)COc3ccc(Cl)cc3)CC2)cc1O. The van der Waals surface area contributed by atoms with E-state index in [4.69, 9.17) is 22.1 Å². The second kappa shape index (κ2) is 10.2. The van der Waals surface area contributed by atoms with Gasteiger partial charge in [0.2, 0.25) is 0 Å². The minimum absolute atomic E-state index is 0.0625. The molecule has 0 saturated carbocycles. The third-order valence-electron chi connectivity index (χ3n) is 4.95. The Morgan fingerprint density at radius 1 is 1.19 bits per heavy atom. The standard InChI is InChI=1S/C21H22ClN3O6/c22-15-1-3-16(4-2-15)30-12-18(27)25-7-5-13(6-8-25)14-9-17(26)20(24-11-14)21(29)31-19(28)10-23/h1-4,9,11,13,26H,5-8,10,12,23H2. The van der Waals surface area contributed by atoms with Crippen molar-refractivity contribution in [1.82, 2.24) is 9.88 Å². The maximum absolute atomic E-state index is 12.4. The van der Waals surface area contributed by atoms with Crippen molar-refractivity contribution in [2.45, 2.75) is 18.8 Å². The van der Waals surface area contributed by atoms with Crippen molar-refractivity contribution in [1.29, 1.82) is 0 Å². The number of rotatable bonds is 6. The minimum atomic E-state index is -1.05. The Morgan fingerprint density at radius 3 is 2.48 bits per heavy atom. The van der Waals surface area contributed by atoms with Crippen LogP contribution in [0.15, 0.2) is 36.5 Å². The third-order valence-corrected chi connectivity index (χ3v) is 5.20. The summed E-state index contributed by atoms with van der Waals surface area (Å²) in [6.07, 6.45) is 2.81. The number of halogens is 1. The number of nitrogens with zero attached hydrogens (tertiary/aromatic N) is 2. The van der Waals surface area contributed by atoms with E-state index < -0.39 is 18.5 Å². The summed E-state index contributed by atoms with van der Waals surface area (Å²) in [7, 11) is 0. The molecule has 0 bridgehead atoms. The van der Waals surface area contributed by atoms with Crippen molar-refractivity contribution < 1.29 is 29.0 Å². The van der Waals surface area contributed by atoms with Crippen LogP contribution in [0.25, 0.3) is 0 Å². The van der Waals surface area contributed by atoms with Crippen LogP contribution in [0.5, 0.6) is 11.5 Å². The monoisotopic (exact) mass is 447 g/mol. The van der Waals surface area contributed by atoms with Gasteiger partial charge in [-0.15, -0.1) is 0 Å². The molecule has 10 heteroatoms. The average Bonchev–Trinajstić information content (AvgIpc) is 2.78. The van der Waals surface area contributed by atoms with Crippen molar-refractivity contribution in [2.24, 2.45) is 5.73 Å². The Labute approximate surface area is 183 Å². The van der Waals surface area contributed by atoms with Crippen molar-refractivity contribution >= 4 is 29.4 Å². The predicted octanol–water partition coefficient (Wildman–Crippen LogP) is 1.87. The molecule has 1 aliphatic heterocycles. The highest BCUT2D eigenvalue weighted by atomic mass is 35.5. The van der Waals surface area contributed by atoms with Gasteiger partial charge in [-0.05, 0) is 54.7 Å². The first-order valence-electron chi connectivity index (χ1n) is 9.67. The number of hydrogen-bond donors (Lipinski definition) is 2. The van der Waals surface area contributed by atoms with Crippen LogP contribution in [-0.2, 0) is 14.3 Å². The molecule has 164 valence electrons. The lowest BCUT2D eigenvalue weighted by atomic mass is 9.90. The molecular formula is C21H22ClN3O6. The highest BCUT2D eigenvalue weighted by Crippen LogP contribution is 2.30. The molecule has 3 N–H and O–H groups in total. The number of nitrogens with two attached hydrogens (primary N) is 1. The van der Waals surface area contributed by atoms with Gasteiger partial charge in [0.25, 0.3) is 5.91 Å². The predicted molar refractivity (Wildman–Crippen MR) is 111 cm³/mol. The highest BCUT2D eigenvalue weighted by Gasteiger charge is 2.26. The van der Waals surface area contributed by atoms with Crippen molar-refractivity contribution in [2.75, 3.05) is 26.2 Å². The molecule has 31 heavy (non-hydrogen) atoms. The van der Waals surface area contributed by atoms with Crippen LogP contribution in [-0.4, -0.2) is 59.1 Å². The van der Waals surface area contributed by atoms with Gasteiger partial charge in [-0.2, -0.15) is 0 Å². The molecule has 1 saturated heterocycles. The van der Waals surface area contributed by atoms with E-state index in [1.807, 2.05) is 0 Å². The number of aromatic nitrogens is 1. The van der Waals surface area contributed by atoms with Crippen LogP contribution in [0.1, 0.15) is 34.8 Å². The summed E-state index contributed by atoms with van der Waals surface area (Å²) in [5.74, 6) is -1.82. The molecule has 1 aromatic heterocycles. The molecule has 1 fully saturated rings. The summed E-state index contributed by atoms with van der Waals surface area (Å²) >= 11 is 5.83. The topological polar surface area (TPSA) is 132 Å². The van der Waals surface area contributed by atoms with Crippen LogP contribution >= 0.6 is 11.6 Å². The quantitative estimate of drug-likeness (QED) is 0.506. The number of pyridine rings is 1. The number of esters is 2. The third kappa shape index (κ3) is 5.93. The molecule has 0 aliphatic carbocycles. The first-order chi connectivity index (χ1) is 14.9. The van der Waals surface area contributed by atoms with E-state index in [1.165, 1.54) is 12.3 Å². The number of piperidine rings is 1. The lowest BCUT2D eigenvalue weighted by molar-refractivity contribution is -0.136. The van der Waals surface area contributed by atoms with Crippen LogP contribution in [0.2, 0.25) is 5.02 Å². The van der Waals surface area contributed by atoms with Gasteiger partial charge >= 0.3 is 11.9 Å². The molecule has 0 radical (unpaired) electrons. The first kappa shape index (κ1) is 22.5. The number of ether oxygens (including phenoxy) is 2. The largest absolute Gasteiger partial charge is 0.505 e. The summed E-state index contributed by atoms with van der Waals surface area (Å²) in [6, 6.07) is 8.22. The lowest BCUT2D eigenvalue weighted by Crippen LogP contribution is -2.40. The number of hydrogen-bond acceptors (Lipinski definition) is 8. The molecule has 2 aromatic rings. The number of likely N-dealkylation sites (tertiary alicyclic amines) is 1. The van der Waals surface area contributed by atoms with Gasteiger partial charge in [0.15, 0.2) is 12.3 Å². The number of aromatic hydroxyl groups is 1. The van der Waals surface area contributed by atoms with E-state index in [2.05, 4.69) is 9.72 Å². The van der Waals surface area contributed by atoms with Crippen LogP contribution in [0.3, 0.4) is 0 Å². The van der Waals surface area contributed by atoms with Crippen molar-refractivity contribution in [3.8, 4) is 11.5 Å².